The van der Waals surface area contributed by atoms with Crippen molar-refractivity contribution in [1.29, 1.82) is 0 Å². The Kier molecular flexibility index (Phi) is 3.79. The molecule has 0 aromatic carbocycles. The molecular weight excluding hydrogens is 214 g/mol. The van der Waals surface area contributed by atoms with Crippen molar-refractivity contribution in [2.45, 2.75) is 38.7 Å². The molecule has 0 unspecified atom stereocenters. The maximum Gasteiger partial charge on any atom is 0.214 e. The number of hydrogen-bond donors (Lipinski definition) is 1. The van der Waals surface area contributed by atoms with Crippen LogP contribution in [0.5, 0.6) is 0 Å². The smallest absolute Gasteiger partial charge is 0.214 e. The molecule has 0 atom stereocenters. The predicted octanol–water partition coefficient (Wildman–Crippen LogP) is 0.819. The number of aliphatic hydroxyl groups is 1. The van der Waals surface area contributed by atoms with Crippen molar-refractivity contribution in [2.24, 2.45) is 5.92 Å². The maximum absolute atomic E-state index is 11.8. The van der Waals surface area contributed by atoms with Gasteiger partial charge in [-0.15, -0.1) is 0 Å². The largest absolute Gasteiger partial charge is 0.389 e. The Morgan fingerprint density at radius 3 is 2.27 bits per heavy atom. The van der Waals surface area contributed by atoms with Crippen molar-refractivity contribution in [3.8, 4) is 0 Å². The Bertz CT molecular complexity index is 301. The topological polar surface area (TPSA) is 57.6 Å². The third-order valence-corrected chi connectivity index (χ3v) is 4.73. The quantitative estimate of drug-likeness (QED) is 0.767. The van der Waals surface area contributed by atoms with Gasteiger partial charge in [0.05, 0.1) is 11.4 Å². The average Bonchev–Trinajstić information content (AvgIpc) is 1.94. The minimum absolute atomic E-state index is 0.155. The van der Waals surface area contributed by atoms with Gasteiger partial charge in [0.25, 0.3) is 0 Å². The van der Waals surface area contributed by atoms with Gasteiger partial charge < -0.3 is 5.11 Å². The lowest BCUT2D eigenvalue weighted by atomic mass is 9.87. The van der Waals surface area contributed by atoms with Crippen LogP contribution in [0.4, 0.5) is 0 Å². The normalized spacial score (nSPS) is 19.3. The van der Waals surface area contributed by atoms with Crippen molar-refractivity contribution >= 4 is 10.0 Å². The first-order valence-corrected chi connectivity index (χ1v) is 6.98. The molecule has 0 aromatic rings. The van der Waals surface area contributed by atoms with Crippen LogP contribution in [-0.4, -0.2) is 42.8 Å². The molecule has 1 aliphatic rings. The summed E-state index contributed by atoms with van der Waals surface area (Å²) in [5.41, 5.74) is -0.971. The van der Waals surface area contributed by atoms with Crippen molar-refractivity contribution in [2.75, 3.05) is 19.3 Å². The first-order chi connectivity index (χ1) is 6.71. The Morgan fingerprint density at radius 1 is 1.40 bits per heavy atom. The molecule has 0 spiro atoms. The molecule has 0 saturated heterocycles. The van der Waals surface area contributed by atoms with E-state index in [-0.39, 0.29) is 12.3 Å². The van der Waals surface area contributed by atoms with Gasteiger partial charge >= 0.3 is 0 Å². The summed E-state index contributed by atoms with van der Waals surface area (Å²) in [5, 5.41) is 9.55. The summed E-state index contributed by atoms with van der Waals surface area (Å²) in [6, 6.07) is 0. The van der Waals surface area contributed by atoms with Gasteiger partial charge in [-0.3, -0.25) is 0 Å². The number of hydrogen-bond acceptors (Lipinski definition) is 3. The molecule has 0 aliphatic heterocycles. The summed E-state index contributed by atoms with van der Waals surface area (Å²) in [6.45, 7) is 3.38. The fraction of sp³-hybridized carbons (Fsp3) is 1.00. The molecule has 0 amide bonds. The third kappa shape index (κ3) is 4.09. The lowest BCUT2D eigenvalue weighted by Gasteiger charge is -2.30. The monoisotopic (exact) mass is 235 g/mol. The predicted molar refractivity (Wildman–Crippen MR) is 60.1 cm³/mol. The van der Waals surface area contributed by atoms with Crippen molar-refractivity contribution in [1.82, 2.24) is 4.31 Å². The highest BCUT2D eigenvalue weighted by atomic mass is 32.2. The minimum Gasteiger partial charge on any atom is -0.389 e. The Labute approximate surface area is 92.3 Å². The highest BCUT2D eigenvalue weighted by Crippen LogP contribution is 2.28. The van der Waals surface area contributed by atoms with E-state index in [9.17, 15) is 13.5 Å². The molecular formula is C10H21NO3S. The molecule has 0 heterocycles. The molecule has 15 heavy (non-hydrogen) atoms. The van der Waals surface area contributed by atoms with Crippen LogP contribution in [-0.2, 0) is 10.0 Å². The van der Waals surface area contributed by atoms with Crippen LogP contribution in [0.1, 0.15) is 33.1 Å². The molecule has 0 bridgehead atoms. The zero-order valence-electron chi connectivity index (χ0n) is 9.73. The maximum atomic E-state index is 11.8. The van der Waals surface area contributed by atoms with E-state index in [0.717, 1.165) is 19.3 Å². The standard InChI is InChI=1S/C10H21NO3S/c1-10(2,12)8-11(3)15(13,14)7-9-5-4-6-9/h9,12H,4-8H2,1-3H3. The second-order valence-corrected chi connectivity index (χ2v) is 7.26. The molecule has 1 fully saturated rings. The molecule has 1 rings (SSSR count). The van der Waals surface area contributed by atoms with E-state index in [1.807, 2.05) is 0 Å². The van der Waals surface area contributed by atoms with E-state index in [1.165, 1.54) is 11.4 Å². The van der Waals surface area contributed by atoms with Gasteiger partial charge in [0, 0.05) is 13.6 Å². The molecule has 1 aliphatic carbocycles. The van der Waals surface area contributed by atoms with Crippen LogP contribution in [0.3, 0.4) is 0 Å². The van der Waals surface area contributed by atoms with Crippen LogP contribution in [0.15, 0.2) is 0 Å². The number of sulfonamides is 1. The molecule has 90 valence electrons. The highest BCUT2D eigenvalue weighted by Gasteiger charge is 2.29. The molecule has 1 N–H and O–H groups in total. The fourth-order valence-electron chi connectivity index (χ4n) is 1.73. The fourth-order valence-corrected chi connectivity index (χ4v) is 3.42. The van der Waals surface area contributed by atoms with Gasteiger partial charge in [0.1, 0.15) is 0 Å². The van der Waals surface area contributed by atoms with Gasteiger partial charge in [-0.1, -0.05) is 6.42 Å². The molecule has 1 saturated carbocycles. The second-order valence-electron chi connectivity index (χ2n) is 5.14. The van der Waals surface area contributed by atoms with Crippen molar-refractivity contribution in [3.05, 3.63) is 0 Å². The van der Waals surface area contributed by atoms with E-state index in [1.54, 1.807) is 13.8 Å². The summed E-state index contributed by atoms with van der Waals surface area (Å²) in [5.74, 6) is 0.568. The summed E-state index contributed by atoms with van der Waals surface area (Å²) in [7, 11) is -1.65. The van der Waals surface area contributed by atoms with Gasteiger partial charge in [0.15, 0.2) is 0 Å². The van der Waals surface area contributed by atoms with Crippen LogP contribution < -0.4 is 0 Å². The SMILES string of the molecule is CN(CC(C)(C)O)S(=O)(=O)CC1CCC1. The zero-order chi connectivity index (χ0) is 11.7. The van der Waals surface area contributed by atoms with Crippen LogP contribution >= 0.6 is 0 Å². The van der Waals surface area contributed by atoms with E-state index >= 15 is 0 Å². The Morgan fingerprint density at radius 2 is 1.93 bits per heavy atom. The first kappa shape index (κ1) is 12.9. The van der Waals surface area contributed by atoms with Crippen molar-refractivity contribution in [3.63, 3.8) is 0 Å². The zero-order valence-corrected chi connectivity index (χ0v) is 10.5. The Balaban J connectivity index is 2.52. The summed E-state index contributed by atoms with van der Waals surface area (Å²) in [4.78, 5) is 0. The van der Waals surface area contributed by atoms with Gasteiger partial charge in [-0.25, -0.2) is 12.7 Å². The van der Waals surface area contributed by atoms with E-state index in [4.69, 9.17) is 0 Å². The van der Waals surface area contributed by atoms with Gasteiger partial charge in [-0.05, 0) is 32.6 Å². The third-order valence-electron chi connectivity index (χ3n) is 2.76. The summed E-state index contributed by atoms with van der Waals surface area (Å²) < 4.78 is 24.9. The molecule has 0 aromatic heterocycles. The van der Waals surface area contributed by atoms with E-state index < -0.39 is 15.6 Å². The molecule has 0 radical (unpaired) electrons. The van der Waals surface area contributed by atoms with E-state index in [2.05, 4.69) is 0 Å². The minimum atomic E-state index is -3.18. The lowest BCUT2D eigenvalue weighted by Crippen LogP contribution is -2.42. The number of likely N-dealkylation sites (N-methyl/N-ethyl adjacent to an activating group) is 1. The van der Waals surface area contributed by atoms with Crippen molar-refractivity contribution < 1.29 is 13.5 Å². The van der Waals surface area contributed by atoms with E-state index in [0.29, 0.717) is 5.92 Å². The molecule has 4 nitrogen and oxygen atoms in total. The highest BCUT2D eigenvalue weighted by molar-refractivity contribution is 7.89. The van der Waals surface area contributed by atoms with Gasteiger partial charge in [0.2, 0.25) is 10.0 Å². The summed E-state index contributed by atoms with van der Waals surface area (Å²) in [6.07, 6.45) is 3.20. The Hall–Kier alpha value is -0.130. The van der Waals surface area contributed by atoms with Gasteiger partial charge in [-0.2, -0.15) is 0 Å². The van der Waals surface area contributed by atoms with Crippen LogP contribution in [0.2, 0.25) is 0 Å². The van der Waals surface area contributed by atoms with Crippen LogP contribution in [0.25, 0.3) is 0 Å². The number of nitrogens with zero attached hydrogens (tertiary/aromatic N) is 1. The first-order valence-electron chi connectivity index (χ1n) is 5.37. The van der Waals surface area contributed by atoms with Crippen LogP contribution in [0, 0.1) is 5.92 Å². The number of rotatable bonds is 5. The summed E-state index contributed by atoms with van der Waals surface area (Å²) >= 11 is 0. The molecule has 5 heteroatoms. The average molecular weight is 235 g/mol. The second kappa shape index (κ2) is 4.39. The lowest BCUT2D eigenvalue weighted by molar-refractivity contribution is 0.0638.